The molecule has 0 saturated heterocycles. The van der Waals surface area contributed by atoms with Crippen LogP contribution in [0.1, 0.15) is 38.7 Å². The van der Waals surface area contributed by atoms with Crippen molar-refractivity contribution in [1.29, 1.82) is 0 Å². The molecule has 1 saturated carbocycles. The number of carbonyl (C=O) groups excluding carboxylic acids is 1. The Morgan fingerprint density at radius 2 is 1.86 bits per heavy atom. The molecule has 5 heteroatoms. The zero-order chi connectivity index (χ0) is 15.6. The number of amides is 1. The maximum absolute atomic E-state index is 12.6. The van der Waals surface area contributed by atoms with Crippen molar-refractivity contribution in [3.05, 3.63) is 29.8 Å². The Balaban J connectivity index is 2.11. The van der Waals surface area contributed by atoms with Crippen molar-refractivity contribution in [3.8, 4) is 0 Å². The first kappa shape index (κ1) is 15.4. The third-order valence-corrected chi connectivity index (χ3v) is 4.16. The molecule has 1 aliphatic carbocycles. The third-order valence-electron chi connectivity index (χ3n) is 4.16. The summed E-state index contributed by atoms with van der Waals surface area (Å²) < 4.78 is 0. The van der Waals surface area contributed by atoms with Gasteiger partial charge in [-0.25, -0.2) is 0 Å². The zero-order valence-electron chi connectivity index (χ0n) is 12.4. The van der Waals surface area contributed by atoms with Crippen molar-refractivity contribution in [2.45, 2.75) is 44.6 Å². The quantitative estimate of drug-likeness (QED) is 0.698. The molecule has 0 aromatic heterocycles. The van der Waals surface area contributed by atoms with Crippen LogP contribution in [0.2, 0.25) is 0 Å². The SMILES string of the molecule is CC(C)C(CC(=O)O)NC(=O)C1(c2ccc(N)cc2)CC1. The second-order valence-corrected chi connectivity index (χ2v) is 6.13. The molecule has 0 radical (unpaired) electrons. The van der Waals surface area contributed by atoms with Crippen molar-refractivity contribution in [1.82, 2.24) is 5.32 Å². The predicted octanol–water partition coefficient (Wildman–Crippen LogP) is 1.92. The molecule has 0 spiro atoms. The predicted molar refractivity (Wildman–Crippen MR) is 80.8 cm³/mol. The summed E-state index contributed by atoms with van der Waals surface area (Å²) in [6.45, 7) is 3.83. The molecule has 4 N–H and O–H groups in total. The summed E-state index contributed by atoms with van der Waals surface area (Å²) in [4.78, 5) is 23.5. The highest BCUT2D eigenvalue weighted by molar-refractivity contribution is 5.91. The lowest BCUT2D eigenvalue weighted by molar-refractivity contribution is -0.138. The third kappa shape index (κ3) is 3.35. The van der Waals surface area contributed by atoms with Gasteiger partial charge in [-0.3, -0.25) is 9.59 Å². The maximum atomic E-state index is 12.6. The van der Waals surface area contributed by atoms with E-state index in [0.29, 0.717) is 5.69 Å². The van der Waals surface area contributed by atoms with E-state index in [0.717, 1.165) is 18.4 Å². The summed E-state index contributed by atoms with van der Waals surface area (Å²) >= 11 is 0. The number of nitrogens with two attached hydrogens (primary N) is 1. The maximum Gasteiger partial charge on any atom is 0.305 e. The van der Waals surface area contributed by atoms with Gasteiger partial charge in [-0.1, -0.05) is 26.0 Å². The van der Waals surface area contributed by atoms with E-state index in [1.54, 1.807) is 12.1 Å². The van der Waals surface area contributed by atoms with Crippen LogP contribution in [-0.2, 0) is 15.0 Å². The second-order valence-electron chi connectivity index (χ2n) is 6.13. The Kier molecular flexibility index (Phi) is 4.21. The molecule has 114 valence electrons. The largest absolute Gasteiger partial charge is 0.481 e. The number of hydrogen-bond donors (Lipinski definition) is 3. The fraction of sp³-hybridized carbons (Fsp3) is 0.500. The smallest absolute Gasteiger partial charge is 0.305 e. The molecule has 1 aromatic rings. The van der Waals surface area contributed by atoms with Crippen LogP contribution >= 0.6 is 0 Å². The molecule has 5 nitrogen and oxygen atoms in total. The van der Waals surface area contributed by atoms with Gasteiger partial charge in [0.2, 0.25) is 5.91 Å². The number of rotatable bonds is 6. The van der Waals surface area contributed by atoms with Gasteiger partial charge in [0.05, 0.1) is 11.8 Å². The average Bonchev–Trinajstić information content (AvgIpc) is 3.19. The minimum Gasteiger partial charge on any atom is -0.481 e. The Labute approximate surface area is 124 Å². The molecule has 1 amide bonds. The molecule has 0 heterocycles. The van der Waals surface area contributed by atoms with Crippen LogP contribution in [0.4, 0.5) is 5.69 Å². The fourth-order valence-corrected chi connectivity index (χ4v) is 2.52. The van der Waals surface area contributed by atoms with E-state index in [9.17, 15) is 9.59 Å². The fourth-order valence-electron chi connectivity index (χ4n) is 2.52. The highest BCUT2D eigenvalue weighted by Gasteiger charge is 2.51. The molecule has 1 aliphatic rings. The first-order valence-corrected chi connectivity index (χ1v) is 7.24. The highest BCUT2D eigenvalue weighted by Crippen LogP contribution is 2.48. The van der Waals surface area contributed by atoms with Crippen molar-refractivity contribution >= 4 is 17.6 Å². The number of hydrogen-bond acceptors (Lipinski definition) is 3. The molecule has 1 unspecified atom stereocenters. The number of carbonyl (C=O) groups is 2. The van der Waals surface area contributed by atoms with E-state index in [1.165, 1.54) is 0 Å². The Morgan fingerprint density at radius 1 is 1.29 bits per heavy atom. The molecular weight excluding hydrogens is 268 g/mol. The van der Waals surface area contributed by atoms with Crippen LogP contribution in [-0.4, -0.2) is 23.0 Å². The lowest BCUT2D eigenvalue weighted by Crippen LogP contribution is -2.45. The summed E-state index contributed by atoms with van der Waals surface area (Å²) in [5, 5.41) is 11.9. The number of carboxylic acids is 1. The van der Waals surface area contributed by atoms with Crippen LogP contribution in [0.5, 0.6) is 0 Å². The van der Waals surface area contributed by atoms with Gasteiger partial charge in [0.1, 0.15) is 0 Å². The number of nitrogens with one attached hydrogen (secondary N) is 1. The van der Waals surface area contributed by atoms with E-state index in [1.807, 2.05) is 26.0 Å². The van der Waals surface area contributed by atoms with E-state index < -0.39 is 11.4 Å². The molecule has 0 aliphatic heterocycles. The van der Waals surface area contributed by atoms with E-state index in [2.05, 4.69) is 5.32 Å². The summed E-state index contributed by atoms with van der Waals surface area (Å²) in [6.07, 6.45) is 1.53. The molecule has 2 rings (SSSR count). The van der Waals surface area contributed by atoms with Gasteiger partial charge in [0.15, 0.2) is 0 Å². The van der Waals surface area contributed by atoms with Crippen LogP contribution < -0.4 is 11.1 Å². The Morgan fingerprint density at radius 3 is 2.29 bits per heavy atom. The lowest BCUT2D eigenvalue weighted by atomic mass is 9.93. The number of benzene rings is 1. The first-order valence-electron chi connectivity index (χ1n) is 7.24. The van der Waals surface area contributed by atoms with Crippen molar-refractivity contribution in [2.75, 3.05) is 5.73 Å². The van der Waals surface area contributed by atoms with Crippen LogP contribution in [0.15, 0.2) is 24.3 Å². The average molecular weight is 290 g/mol. The summed E-state index contributed by atoms with van der Waals surface area (Å²) in [5.41, 5.74) is 6.79. The van der Waals surface area contributed by atoms with Gasteiger partial charge >= 0.3 is 5.97 Å². The van der Waals surface area contributed by atoms with E-state index in [4.69, 9.17) is 10.8 Å². The van der Waals surface area contributed by atoms with Crippen LogP contribution in [0, 0.1) is 5.92 Å². The van der Waals surface area contributed by atoms with Gasteiger partial charge in [0, 0.05) is 11.7 Å². The molecule has 0 bridgehead atoms. The summed E-state index contributed by atoms with van der Waals surface area (Å²) in [5.74, 6) is -0.897. The van der Waals surface area contributed by atoms with Gasteiger partial charge < -0.3 is 16.2 Å². The minimum absolute atomic E-state index is 0.0543. The van der Waals surface area contributed by atoms with E-state index in [-0.39, 0.29) is 24.3 Å². The minimum atomic E-state index is -0.897. The van der Waals surface area contributed by atoms with Gasteiger partial charge in [-0.15, -0.1) is 0 Å². The van der Waals surface area contributed by atoms with Crippen molar-refractivity contribution in [3.63, 3.8) is 0 Å². The molecule has 1 fully saturated rings. The standard InChI is InChI=1S/C16H22N2O3/c1-10(2)13(9-14(19)20)18-15(21)16(7-8-16)11-3-5-12(17)6-4-11/h3-6,10,13H,7-9,17H2,1-2H3,(H,18,21)(H,19,20). The monoisotopic (exact) mass is 290 g/mol. The molecule has 21 heavy (non-hydrogen) atoms. The molecular formula is C16H22N2O3. The number of anilines is 1. The first-order chi connectivity index (χ1) is 9.85. The number of carboxylic acid groups (broad SMARTS) is 1. The van der Waals surface area contributed by atoms with Crippen LogP contribution in [0.3, 0.4) is 0 Å². The lowest BCUT2D eigenvalue weighted by Gasteiger charge is -2.24. The van der Waals surface area contributed by atoms with Crippen molar-refractivity contribution in [2.24, 2.45) is 5.92 Å². The second kappa shape index (κ2) is 5.76. The van der Waals surface area contributed by atoms with Gasteiger partial charge in [0.25, 0.3) is 0 Å². The molecule has 1 atom stereocenters. The summed E-state index contributed by atoms with van der Waals surface area (Å²) in [7, 11) is 0. The van der Waals surface area contributed by atoms with Gasteiger partial charge in [-0.2, -0.15) is 0 Å². The van der Waals surface area contributed by atoms with Crippen LogP contribution in [0.25, 0.3) is 0 Å². The van der Waals surface area contributed by atoms with Gasteiger partial charge in [-0.05, 0) is 36.5 Å². The zero-order valence-corrected chi connectivity index (χ0v) is 12.4. The normalized spacial score (nSPS) is 17.3. The van der Waals surface area contributed by atoms with Crippen molar-refractivity contribution < 1.29 is 14.7 Å². The highest BCUT2D eigenvalue weighted by atomic mass is 16.4. The topological polar surface area (TPSA) is 92.4 Å². The summed E-state index contributed by atoms with van der Waals surface area (Å²) in [6, 6.07) is 6.99. The Hall–Kier alpha value is -2.04. The van der Waals surface area contributed by atoms with E-state index >= 15 is 0 Å². The molecule has 1 aromatic carbocycles. The number of nitrogen functional groups attached to an aromatic ring is 1. The number of aliphatic carboxylic acids is 1. The Bertz CT molecular complexity index is 533.